The number of fused-ring (bicyclic) bond motifs is 1. The molecule has 0 atom stereocenters. The molecule has 0 saturated heterocycles. The van der Waals surface area contributed by atoms with Gasteiger partial charge in [0.15, 0.2) is 0 Å². The molecule has 6 nitrogen and oxygen atoms in total. The number of benzene rings is 2. The number of hydrogen-bond donors (Lipinski definition) is 1. The molecule has 1 N–H and O–H groups in total. The first-order valence-electron chi connectivity index (χ1n) is 8.72. The molecule has 8 heteroatoms. The van der Waals surface area contributed by atoms with Crippen LogP contribution in [0.4, 0.5) is 5.69 Å². The van der Waals surface area contributed by atoms with Gasteiger partial charge in [0.1, 0.15) is 11.5 Å². The Bertz CT molecular complexity index is 1040. The number of esters is 1. The van der Waals surface area contributed by atoms with E-state index in [1.54, 1.807) is 30.3 Å². The van der Waals surface area contributed by atoms with Crippen molar-refractivity contribution in [3.8, 4) is 0 Å². The van der Waals surface area contributed by atoms with Crippen LogP contribution in [0.1, 0.15) is 17.5 Å². The number of hydrogen-bond acceptors (Lipinski definition) is 6. The van der Waals surface area contributed by atoms with Gasteiger partial charge in [0.2, 0.25) is 0 Å². The maximum atomic E-state index is 11.8. The molecule has 0 aliphatic carbocycles. The molecular weight excluding hydrogens is 411 g/mol. The van der Waals surface area contributed by atoms with Gasteiger partial charge in [-0.1, -0.05) is 47.5 Å². The maximum absolute atomic E-state index is 11.8. The summed E-state index contributed by atoms with van der Waals surface area (Å²) in [5.74, 6) is -0.0832. The molecule has 0 amide bonds. The standard InChI is InChI=1S/C21H18Cl2N4O2/c1-3-6-18(21(28)29-2)26-27-19-12-24-20(14-7-4-5-8-16(14)23)15-11-13(22)9-10-17(15)25-19/h3-5,7-11H,1,6,12H2,2H3,(H,25,27)/b26-18+. The van der Waals surface area contributed by atoms with Gasteiger partial charge in [-0.15, -0.1) is 6.58 Å². The Kier molecular flexibility index (Phi) is 6.80. The highest BCUT2D eigenvalue weighted by molar-refractivity contribution is 6.37. The van der Waals surface area contributed by atoms with Gasteiger partial charge in [-0.05, 0) is 24.3 Å². The van der Waals surface area contributed by atoms with Gasteiger partial charge in [0.25, 0.3) is 0 Å². The molecule has 0 radical (unpaired) electrons. The number of rotatable bonds is 5. The van der Waals surface area contributed by atoms with Crippen molar-refractivity contribution in [3.63, 3.8) is 0 Å². The lowest BCUT2D eigenvalue weighted by molar-refractivity contribution is -0.132. The third-order valence-electron chi connectivity index (χ3n) is 4.06. The molecule has 29 heavy (non-hydrogen) atoms. The van der Waals surface area contributed by atoms with Crippen LogP contribution in [-0.4, -0.2) is 36.9 Å². The van der Waals surface area contributed by atoms with Crippen LogP contribution in [0.15, 0.2) is 70.2 Å². The summed E-state index contributed by atoms with van der Waals surface area (Å²) < 4.78 is 4.73. The number of ether oxygens (including phenoxy) is 1. The fourth-order valence-electron chi connectivity index (χ4n) is 2.72. The minimum atomic E-state index is -0.543. The highest BCUT2D eigenvalue weighted by Gasteiger charge is 2.19. The normalized spacial score (nSPS) is 13.6. The summed E-state index contributed by atoms with van der Waals surface area (Å²) in [5.41, 5.74) is 5.87. The average Bonchev–Trinajstić information content (AvgIpc) is 2.90. The Labute approximate surface area is 178 Å². The quantitative estimate of drug-likeness (QED) is 0.328. The maximum Gasteiger partial charge on any atom is 0.354 e. The average molecular weight is 429 g/mol. The first-order chi connectivity index (χ1) is 14.0. The minimum Gasteiger partial charge on any atom is -0.464 e. The second kappa shape index (κ2) is 9.49. The molecule has 3 rings (SSSR count). The number of nitrogens with zero attached hydrogens (tertiary/aromatic N) is 3. The number of carbonyl (C=O) groups is 1. The lowest BCUT2D eigenvalue weighted by Crippen LogP contribution is -2.25. The highest BCUT2D eigenvalue weighted by Crippen LogP contribution is 2.30. The van der Waals surface area contributed by atoms with Crippen molar-refractivity contribution < 1.29 is 9.53 Å². The zero-order valence-electron chi connectivity index (χ0n) is 15.7. The molecule has 1 aliphatic heterocycles. The van der Waals surface area contributed by atoms with Crippen molar-refractivity contribution in [2.75, 3.05) is 13.7 Å². The number of methoxy groups -OCH3 is 1. The molecule has 0 fully saturated rings. The van der Waals surface area contributed by atoms with Crippen LogP contribution < -0.4 is 5.43 Å². The van der Waals surface area contributed by atoms with Gasteiger partial charge >= 0.3 is 5.97 Å². The van der Waals surface area contributed by atoms with E-state index < -0.39 is 5.97 Å². The van der Waals surface area contributed by atoms with Gasteiger partial charge in [-0.3, -0.25) is 10.4 Å². The Balaban J connectivity index is 2.01. The Hall–Kier alpha value is -2.96. The molecular formula is C21H18Cl2N4O2. The van der Waals surface area contributed by atoms with Gasteiger partial charge in [-0.2, -0.15) is 5.10 Å². The summed E-state index contributed by atoms with van der Waals surface area (Å²) >= 11 is 12.6. The number of carbonyl (C=O) groups excluding carboxylic acids is 1. The fourth-order valence-corrected chi connectivity index (χ4v) is 3.12. The Morgan fingerprint density at radius 3 is 2.79 bits per heavy atom. The lowest BCUT2D eigenvalue weighted by atomic mass is 10.0. The second-order valence-corrected chi connectivity index (χ2v) is 6.86. The number of nitrogens with one attached hydrogen (secondary N) is 1. The largest absolute Gasteiger partial charge is 0.464 e. The van der Waals surface area contributed by atoms with Crippen molar-refractivity contribution in [2.24, 2.45) is 15.1 Å². The predicted octanol–water partition coefficient (Wildman–Crippen LogP) is 4.57. The Morgan fingerprint density at radius 2 is 2.07 bits per heavy atom. The zero-order chi connectivity index (χ0) is 20.8. The third kappa shape index (κ3) is 4.91. The van der Waals surface area contributed by atoms with Crippen LogP contribution in [0.5, 0.6) is 0 Å². The molecule has 1 heterocycles. The lowest BCUT2D eigenvalue weighted by Gasteiger charge is -2.10. The first kappa shape index (κ1) is 20.8. The van der Waals surface area contributed by atoms with Crippen molar-refractivity contribution in [1.29, 1.82) is 0 Å². The van der Waals surface area contributed by atoms with Crippen molar-refractivity contribution in [1.82, 2.24) is 5.43 Å². The van der Waals surface area contributed by atoms with E-state index in [1.165, 1.54) is 7.11 Å². The summed E-state index contributed by atoms with van der Waals surface area (Å²) in [4.78, 5) is 21.1. The van der Waals surface area contributed by atoms with Crippen molar-refractivity contribution >= 4 is 52.1 Å². The van der Waals surface area contributed by atoms with E-state index in [0.717, 1.165) is 11.1 Å². The summed E-state index contributed by atoms with van der Waals surface area (Å²) in [5, 5.41) is 5.26. The number of allylic oxidation sites excluding steroid dienone is 1. The van der Waals surface area contributed by atoms with Gasteiger partial charge in [-0.25, -0.2) is 9.79 Å². The number of amidine groups is 1. The predicted molar refractivity (Wildman–Crippen MR) is 118 cm³/mol. The first-order valence-corrected chi connectivity index (χ1v) is 9.47. The second-order valence-electron chi connectivity index (χ2n) is 6.02. The van der Waals surface area contributed by atoms with Gasteiger partial charge < -0.3 is 4.74 Å². The van der Waals surface area contributed by atoms with Crippen LogP contribution in [0.25, 0.3) is 0 Å². The molecule has 2 aromatic carbocycles. The summed E-state index contributed by atoms with van der Waals surface area (Å²) in [6, 6.07) is 12.8. The Morgan fingerprint density at radius 1 is 1.28 bits per heavy atom. The van der Waals surface area contributed by atoms with E-state index >= 15 is 0 Å². The van der Waals surface area contributed by atoms with E-state index in [1.807, 2.05) is 18.2 Å². The molecule has 0 unspecified atom stereocenters. The summed E-state index contributed by atoms with van der Waals surface area (Å²) in [6.45, 7) is 3.83. The topological polar surface area (TPSA) is 75.4 Å². The van der Waals surface area contributed by atoms with E-state index in [-0.39, 0.29) is 18.7 Å². The molecule has 0 bridgehead atoms. The molecule has 148 valence electrons. The smallest absolute Gasteiger partial charge is 0.354 e. The molecule has 1 aliphatic rings. The fraction of sp³-hybridized carbons (Fsp3) is 0.143. The van der Waals surface area contributed by atoms with Crippen LogP contribution in [0, 0.1) is 0 Å². The molecule has 0 saturated carbocycles. The highest BCUT2D eigenvalue weighted by atomic mass is 35.5. The summed E-state index contributed by atoms with van der Waals surface area (Å²) in [6.07, 6.45) is 1.82. The number of halogens is 2. The SMILES string of the molecule is C=CC/C(=N\NC1=Nc2ccc(Cl)cc2C(c2ccccc2Cl)=NC1)C(=O)OC. The van der Waals surface area contributed by atoms with Gasteiger partial charge in [0, 0.05) is 27.6 Å². The van der Waals surface area contributed by atoms with Crippen molar-refractivity contribution in [3.05, 3.63) is 76.3 Å². The zero-order valence-corrected chi connectivity index (χ0v) is 17.2. The van der Waals surface area contributed by atoms with Crippen LogP contribution in [-0.2, 0) is 9.53 Å². The monoisotopic (exact) mass is 428 g/mol. The van der Waals surface area contributed by atoms with E-state index in [0.29, 0.717) is 27.3 Å². The molecule has 0 aromatic heterocycles. The minimum absolute atomic E-state index is 0.182. The van der Waals surface area contributed by atoms with Crippen LogP contribution in [0.2, 0.25) is 10.0 Å². The number of aliphatic imine (C=N–C) groups is 2. The third-order valence-corrected chi connectivity index (χ3v) is 4.63. The summed E-state index contributed by atoms with van der Waals surface area (Å²) in [7, 11) is 1.30. The van der Waals surface area contributed by atoms with Gasteiger partial charge in [0.05, 0.1) is 25.1 Å². The van der Waals surface area contributed by atoms with Crippen molar-refractivity contribution in [2.45, 2.75) is 6.42 Å². The molecule has 2 aromatic rings. The van der Waals surface area contributed by atoms with E-state index in [9.17, 15) is 4.79 Å². The van der Waals surface area contributed by atoms with Crippen LogP contribution in [0.3, 0.4) is 0 Å². The number of hydrazone groups is 1. The van der Waals surface area contributed by atoms with Crippen LogP contribution >= 0.6 is 23.2 Å². The van der Waals surface area contributed by atoms with E-state index in [2.05, 4.69) is 27.1 Å². The van der Waals surface area contributed by atoms with E-state index in [4.69, 9.17) is 27.9 Å². The molecule has 0 spiro atoms.